The number of cyclic esters (lactones) is 1. The first kappa shape index (κ1) is 9.48. The maximum absolute atomic E-state index is 11.0. The maximum atomic E-state index is 11.0. The zero-order valence-electron chi connectivity index (χ0n) is 7.23. The van der Waals surface area contributed by atoms with Gasteiger partial charge in [0.15, 0.2) is 0 Å². The SMILES string of the molecule is CC(O)CC1C(=O)OC(C)C1O. The molecule has 4 atom stereocenters. The van der Waals surface area contributed by atoms with Gasteiger partial charge < -0.3 is 14.9 Å². The van der Waals surface area contributed by atoms with Gasteiger partial charge in [0.25, 0.3) is 0 Å². The summed E-state index contributed by atoms with van der Waals surface area (Å²) in [7, 11) is 0. The zero-order valence-corrected chi connectivity index (χ0v) is 7.23. The summed E-state index contributed by atoms with van der Waals surface area (Å²) >= 11 is 0. The fourth-order valence-corrected chi connectivity index (χ4v) is 1.41. The van der Waals surface area contributed by atoms with Gasteiger partial charge in [-0.1, -0.05) is 0 Å². The average Bonchev–Trinajstić information content (AvgIpc) is 2.16. The van der Waals surface area contributed by atoms with Crippen molar-refractivity contribution in [3.8, 4) is 0 Å². The molecule has 0 saturated carbocycles. The third kappa shape index (κ3) is 1.76. The van der Waals surface area contributed by atoms with E-state index in [2.05, 4.69) is 0 Å². The van der Waals surface area contributed by atoms with Gasteiger partial charge in [-0.15, -0.1) is 0 Å². The molecule has 0 aliphatic carbocycles. The number of carbonyl (C=O) groups is 1. The predicted octanol–water partition coefficient (Wildman–Crippen LogP) is -0.320. The third-order valence-electron chi connectivity index (χ3n) is 2.09. The number of aliphatic hydroxyl groups excluding tert-OH is 2. The summed E-state index contributed by atoms with van der Waals surface area (Å²) in [5.41, 5.74) is 0. The molecule has 0 aromatic rings. The summed E-state index contributed by atoms with van der Waals surface area (Å²) in [5.74, 6) is -0.962. The molecule has 1 fully saturated rings. The Bertz CT molecular complexity index is 178. The minimum absolute atomic E-state index is 0.268. The molecule has 0 aromatic heterocycles. The molecular formula is C8H14O4. The Hall–Kier alpha value is -0.610. The fourth-order valence-electron chi connectivity index (χ4n) is 1.41. The second-order valence-corrected chi connectivity index (χ2v) is 3.32. The molecule has 0 bridgehead atoms. The molecule has 4 heteroatoms. The first-order valence-corrected chi connectivity index (χ1v) is 4.09. The Kier molecular flexibility index (Phi) is 2.69. The molecule has 12 heavy (non-hydrogen) atoms. The Morgan fingerprint density at radius 2 is 2.25 bits per heavy atom. The summed E-state index contributed by atoms with van der Waals surface area (Å²) in [6, 6.07) is 0. The van der Waals surface area contributed by atoms with Crippen LogP contribution < -0.4 is 0 Å². The molecule has 0 aromatic carbocycles. The van der Waals surface area contributed by atoms with E-state index in [1.807, 2.05) is 0 Å². The maximum Gasteiger partial charge on any atom is 0.312 e. The lowest BCUT2D eigenvalue weighted by Crippen LogP contribution is -2.27. The summed E-state index contributed by atoms with van der Waals surface area (Å²) in [6.07, 6.45) is -1.53. The lowest BCUT2D eigenvalue weighted by Gasteiger charge is -2.12. The van der Waals surface area contributed by atoms with Crippen LogP contribution in [0.3, 0.4) is 0 Å². The van der Waals surface area contributed by atoms with Crippen molar-refractivity contribution in [3.63, 3.8) is 0 Å². The van der Waals surface area contributed by atoms with Crippen LogP contribution in [0.25, 0.3) is 0 Å². The number of hydrogen-bond acceptors (Lipinski definition) is 4. The van der Waals surface area contributed by atoms with Gasteiger partial charge in [0, 0.05) is 0 Å². The molecule has 0 radical (unpaired) electrons. The minimum atomic E-state index is -0.771. The van der Waals surface area contributed by atoms with E-state index in [-0.39, 0.29) is 6.42 Å². The summed E-state index contributed by atoms with van der Waals surface area (Å²) < 4.78 is 4.79. The standard InChI is InChI=1S/C8H14O4/c1-4(9)3-6-7(10)5(2)12-8(6)11/h4-7,9-10H,3H2,1-2H3. The Morgan fingerprint density at radius 1 is 1.67 bits per heavy atom. The van der Waals surface area contributed by atoms with Gasteiger partial charge in [-0.3, -0.25) is 4.79 Å². The predicted molar refractivity (Wildman–Crippen MR) is 41.3 cm³/mol. The molecule has 4 unspecified atom stereocenters. The van der Waals surface area contributed by atoms with E-state index in [4.69, 9.17) is 9.84 Å². The Morgan fingerprint density at radius 3 is 2.58 bits per heavy atom. The highest BCUT2D eigenvalue weighted by molar-refractivity contribution is 5.75. The smallest absolute Gasteiger partial charge is 0.312 e. The van der Waals surface area contributed by atoms with E-state index in [0.29, 0.717) is 0 Å². The van der Waals surface area contributed by atoms with Gasteiger partial charge in [0.2, 0.25) is 0 Å². The number of esters is 1. The van der Waals surface area contributed by atoms with Crippen molar-refractivity contribution in [2.45, 2.75) is 38.6 Å². The van der Waals surface area contributed by atoms with E-state index in [1.165, 1.54) is 0 Å². The number of carbonyl (C=O) groups excluding carboxylic acids is 1. The number of aliphatic hydroxyl groups is 2. The van der Waals surface area contributed by atoms with Crippen molar-refractivity contribution in [2.75, 3.05) is 0 Å². The van der Waals surface area contributed by atoms with Crippen LogP contribution in [0.4, 0.5) is 0 Å². The summed E-state index contributed by atoms with van der Waals surface area (Å²) in [6.45, 7) is 3.23. The molecule has 0 spiro atoms. The molecule has 70 valence electrons. The van der Waals surface area contributed by atoms with Crippen molar-refractivity contribution < 1.29 is 19.7 Å². The van der Waals surface area contributed by atoms with E-state index in [9.17, 15) is 9.90 Å². The molecule has 1 aliphatic heterocycles. The van der Waals surface area contributed by atoms with E-state index in [1.54, 1.807) is 13.8 Å². The highest BCUT2D eigenvalue weighted by atomic mass is 16.6. The molecule has 1 aliphatic rings. The van der Waals surface area contributed by atoms with Gasteiger partial charge in [0.05, 0.1) is 12.0 Å². The topological polar surface area (TPSA) is 66.8 Å². The van der Waals surface area contributed by atoms with E-state index in [0.717, 1.165) is 0 Å². The van der Waals surface area contributed by atoms with Crippen LogP contribution in [0.2, 0.25) is 0 Å². The van der Waals surface area contributed by atoms with Crippen LogP contribution in [0.1, 0.15) is 20.3 Å². The summed E-state index contributed by atoms with van der Waals surface area (Å²) in [4.78, 5) is 11.0. The van der Waals surface area contributed by atoms with Gasteiger partial charge in [-0.25, -0.2) is 0 Å². The van der Waals surface area contributed by atoms with Crippen LogP contribution >= 0.6 is 0 Å². The third-order valence-corrected chi connectivity index (χ3v) is 2.09. The number of rotatable bonds is 2. The van der Waals surface area contributed by atoms with Crippen molar-refractivity contribution >= 4 is 5.97 Å². The van der Waals surface area contributed by atoms with Gasteiger partial charge in [0.1, 0.15) is 12.2 Å². The minimum Gasteiger partial charge on any atom is -0.460 e. The highest BCUT2D eigenvalue weighted by Gasteiger charge is 2.41. The normalized spacial score (nSPS) is 38.0. The summed E-state index contributed by atoms with van der Waals surface area (Å²) in [5, 5.41) is 18.4. The Labute approximate surface area is 71.2 Å². The molecule has 1 heterocycles. The molecule has 4 nitrogen and oxygen atoms in total. The lowest BCUT2D eigenvalue weighted by molar-refractivity contribution is -0.144. The van der Waals surface area contributed by atoms with Crippen LogP contribution in [-0.4, -0.2) is 34.5 Å². The van der Waals surface area contributed by atoms with Crippen molar-refractivity contribution in [2.24, 2.45) is 5.92 Å². The molecule has 2 N–H and O–H groups in total. The monoisotopic (exact) mass is 174 g/mol. The first-order valence-electron chi connectivity index (χ1n) is 4.09. The number of hydrogen-bond donors (Lipinski definition) is 2. The largest absolute Gasteiger partial charge is 0.460 e. The fraction of sp³-hybridized carbons (Fsp3) is 0.875. The van der Waals surface area contributed by atoms with E-state index >= 15 is 0 Å². The lowest BCUT2D eigenvalue weighted by atomic mass is 9.96. The highest BCUT2D eigenvalue weighted by Crippen LogP contribution is 2.25. The van der Waals surface area contributed by atoms with Crippen LogP contribution in [0.15, 0.2) is 0 Å². The van der Waals surface area contributed by atoms with E-state index < -0.39 is 30.2 Å². The Balaban J connectivity index is 2.57. The quantitative estimate of drug-likeness (QED) is 0.563. The van der Waals surface area contributed by atoms with Gasteiger partial charge in [-0.05, 0) is 20.3 Å². The van der Waals surface area contributed by atoms with Gasteiger partial charge in [-0.2, -0.15) is 0 Å². The zero-order chi connectivity index (χ0) is 9.30. The second-order valence-electron chi connectivity index (χ2n) is 3.32. The molecular weight excluding hydrogens is 160 g/mol. The second kappa shape index (κ2) is 3.41. The average molecular weight is 174 g/mol. The number of ether oxygens (including phenoxy) is 1. The van der Waals surface area contributed by atoms with Crippen molar-refractivity contribution in [1.29, 1.82) is 0 Å². The van der Waals surface area contributed by atoms with Crippen molar-refractivity contribution in [3.05, 3.63) is 0 Å². The first-order chi connectivity index (χ1) is 5.52. The molecule has 1 rings (SSSR count). The molecule has 1 saturated heterocycles. The van der Waals surface area contributed by atoms with Crippen LogP contribution in [0.5, 0.6) is 0 Å². The van der Waals surface area contributed by atoms with Gasteiger partial charge >= 0.3 is 5.97 Å². The molecule has 0 amide bonds. The van der Waals surface area contributed by atoms with Crippen LogP contribution in [-0.2, 0) is 9.53 Å². The van der Waals surface area contributed by atoms with Crippen LogP contribution in [0, 0.1) is 5.92 Å². The van der Waals surface area contributed by atoms with Crippen molar-refractivity contribution in [1.82, 2.24) is 0 Å².